The van der Waals surface area contributed by atoms with Crippen LogP contribution in [0.25, 0.3) is 0 Å². The van der Waals surface area contributed by atoms with Crippen LogP contribution in [0.5, 0.6) is 6.01 Å². The van der Waals surface area contributed by atoms with E-state index < -0.39 is 0 Å². The molecule has 1 aromatic heterocycles. The van der Waals surface area contributed by atoms with Crippen LogP contribution in [0.2, 0.25) is 0 Å². The van der Waals surface area contributed by atoms with Gasteiger partial charge in [-0.25, -0.2) is 0 Å². The van der Waals surface area contributed by atoms with Crippen molar-refractivity contribution >= 4 is 11.9 Å². The minimum atomic E-state index is 0.135. The van der Waals surface area contributed by atoms with Crippen molar-refractivity contribution < 1.29 is 9.84 Å². The van der Waals surface area contributed by atoms with E-state index in [1.807, 2.05) is 18.7 Å². The van der Waals surface area contributed by atoms with Crippen molar-refractivity contribution in [2.24, 2.45) is 0 Å². The molecule has 0 saturated heterocycles. The molecule has 0 saturated carbocycles. The quantitative estimate of drug-likeness (QED) is 0.696. The average Bonchev–Trinajstić information content (AvgIpc) is 2.37. The second-order valence-electron chi connectivity index (χ2n) is 3.78. The maximum Gasteiger partial charge on any atom is 0.323 e. The highest BCUT2D eigenvalue weighted by atomic mass is 16.5. The number of aromatic nitrogens is 3. The maximum atomic E-state index is 8.85. The van der Waals surface area contributed by atoms with Crippen molar-refractivity contribution in [1.82, 2.24) is 15.0 Å². The second-order valence-corrected chi connectivity index (χ2v) is 3.78. The van der Waals surface area contributed by atoms with Crippen LogP contribution in [0.1, 0.15) is 26.7 Å². The number of anilines is 2. The Balaban J connectivity index is 2.81. The van der Waals surface area contributed by atoms with Crippen LogP contribution >= 0.6 is 0 Å². The Hall–Kier alpha value is -1.63. The zero-order chi connectivity index (χ0) is 13.4. The first-order valence-corrected chi connectivity index (χ1v) is 6.21. The molecule has 102 valence electrons. The van der Waals surface area contributed by atoms with Gasteiger partial charge >= 0.3 is 6.01 Å². The average molecular weight is 255 g/mol. The Morgan fingerprint density at radius 2 is 2.06 bits per heavy atom. The number of nitrogen functional groups attached to an aromatic ring is 1. The number of hydrogen-bond acceptors (Lipinski definition) is 7. The molecule has 18 heavy (non-hydrogen) atoms. The molecule has 1 rings (SSSR count). The summed E-state index contributed by atoms with van der Waals surface area (Å²) in [5, 5.41) is 8.85. The Morgan fingerprint density at radius 3 is 2.67 bits per heavy atom. The molecular weight excluding hydrogens is 234 g/mol. The number of ether oxygens (including phenoxy) is 1. The summed E-state index contributed by atoms with van der Waals surface area (Å²) in [7, 11) is 0. The van der Waals surface area contributed by atoms with Crippen molar-refractivity contribution in [1.29, 1.82) is 0 Å². The van der Waals surface area contributed by atoms with Gasteiger partial charge in [0.1, 0.15) is 0 Å². The normalized spacial score (nSPS) is 10.4. The smallest absolute Gasteiger partial charge is 0.323 e. The molecule has 1 heterocycles. The van der Waals surface area contributed by atoms with Gasteiger partial charge in [0, 0.05) is 19.7 Å². The number of hydrogen-bond donors (Lipinski definition) is 2. The van der Waals surface area contributed by atoms with E-state index >= 15 is 0 Å². The van der Waals surface area contributed by atoms with Gasteiger partial charge < -0.3 is 20.5 Å². The Labute approximate surface area is 107 Å². The van der Waals surface area contributed by atoms with Gasteiger partial charge in [-0.3, -0.25) is 0 Å². The number of aliphatic hydroxyl groups is 1. The molecule has 7 nitrogen and oxygen atoms in total. The summed E-state index contributed by atoms with van der Waals surface area (Å²) in [6.45, 7) is 6.08. The molecular formula is C11H21N5O2. The topological polar surface area (TPSA) is 97.4 Å². The molecule has 0 aliphatic heterocycles. The van der Waals surface area contributed by atoms with Gasteiger partial charge in [-0.2, -0.15) is 15.0 Å². The van der Waals surface area contributed by atoms with E-state index in [4.69, 9.17) is 15.6 Å². The lowest BCUT2D eigenvalue weighted by Gasteiger charge is -2.20. The zero-order valence-electron chi connectivity index (χ0n) is 11.0. The largest absolute Gasteiger partial charge is 0.463 e. The van der Waals surface area contributed by atoms with Gasteiger partial charge in [0.15, 0.2) is 0 Å². The first-order valence-electron chi connectivity index (χ1n) is 6.21. The second kappa shape index (κ2) is 7.65. The Morgan fingerprint density at radius 1 is 1.28 bits per heavy atom. The van der Waals surface area contributed by atoms with Gasteiger partial charge in [-0.1, -0.05) is 6.92 Å². The molecule has 0 amide bonds. The number of nitrogens with zero attached hydrogens (tertiary/aromatic N) is 4. The summed E-state index contributed by atoms with van der Waals surface area (Å²) < 4.78 is 5.36. The van der Waals surface area contributed by atoms with E-state index in [1.54, 1.807) is 0 Å². The van der Waals surface area contributed by atoms with Gasteiger partial charge in [-0.15, -0.1) is 0 Å². The lowest BCUT2D eigenvalue weighted by molar-refractivity contribution is 0.287. The van der Waals surface area contributed by atoms with Crippen molar-refractivity contribution in [3.63, 3.8) is 0 Å². The summed E-state index contributed by atoms with van der Waals surface area (Å²) in [5.74, 6) is 0.637. The van der Waals surface area contributed by atoms with Crippen molar-refractivity contribution in [3.8, 4) is 6.01 Å². The van der Waals surface area contributed by atoms with E-state index in [2.05, 4.69) is 15.0 Å². The molecule has 0 aliphatic carbocycles. The summed E-state index contributed by atoms with van der Waals surface area (Å²) in [4.78, 5) is 14.2. The molecule has 0 aromatic carbocycles. The first kappa shape index (κ1) is 14.4. The minimum Gasteiger partial charge on any atom is -0.463 e. The van der Waals surface area contributed by atoms with Gasteiger partial charge in [-0.05, 0) is 19.8 Å². The number of nitrogens with two attached hydrogens (primary N) is 1. The molecule has 0 bridgehead atoms. The molecule has 0 fully saturated rings. The molecule has 0 radical (unpaired) electrons. The fraction of sp³-hybridized carbons (Fsp3) is 0.727. The highest BCUT2D eigenvalue weighted by Gasteiger charge is 2.11. The molecule has 3 N–H and O–H groups in total. The molecule has 0 spiro atoms. The Kier molecular flexibility index (Phi) is 6.13. The summed E-state index contributed by atoms with van der Waals surface area (Å²) in [6, 6.07) is 0.252. The molecule has 0 unspecified atom stereocenters. The van der Waals surface area contributed by atoms with Gasteiger partial charge in [0.05, 0.1) is 6.61 Å². The van der Waals surface area contributed by atoms with Crippen LogP contribution in [-0.4, -0.2) is 46.4 Å². The van der Waals surface area contributed by atoms with Gasteiger partial charge in [0.25, 0.3) is 0 Å². The van der Waals surface area contributed by atoms with Crippen molar-refractivity contribution in [2.75, 3.05) is 36.9 Å². The van der Waals surface area contributed by atoms with Gasteiger partial charge in [0.2, 0.25) is 11.9 Å². The molecule has 0 aliphatic rings. The van der Waals surface area contributed by atoms with E-state index in [0.717, 1.165) is 13.0 Å². The van der Waals surface area contributed by atoms with Crippen LogP contribution in [-0.2, 0) is 0 Å². The third-order valence-corrected chi connectivity index (χ3v) is 2.31. The fourth-order valence-corrected chi connectivity index (χ4v) is 1.42. The summed E-state index contributed by atoms with van der Waals surface area (Å²) in [6.07, 6.45) is 1.54. The molecule has 7 heteroatoms. The zero-order valence-corrected chi connectivity index (χ0v) is 11.0. The summed E-state index contributed by atoms with van der Waals surface area (Å²) >= 11 is 0. The lowest BCUT2D eigenvalue weighted by atomic mass is 10.4. The van der Waals surface area contributed by atoms with E-state index in [1.165, 1.54) is 0 Å². The van der Waals surface area contributed by atoms with E-state index in [9.17, 15) is 0 Å². The van der Waals surface area contributed by atoms with Crippen LogP contribution in [0, 0.1) is 0 Å². The molecule has 0 atom stereocenters. The first-order chi connectivity index (χ1) is 8.71. The number of rotatable bonds is 8. The van der Waals surface area contributed by atoms with Crippen molar-refractivity contribution in [3.05, 3.63) is 0 Å². The van der Waals surface area contributed by atoms with Crippen LogP contribution in [0.4, 0.5) is 11.9 Å². The third kappa shape index (κ3) is 4.33. The molecule has 1 aromatic rings. The summed E-state index contributed by atoms with van der Waals surface area (Å²) in [5.41, 5.74) is 5.63. The van der Waals surface area contributed by atoms with Crippen LogP contribution in [0.15, 0.2) is 0 Å². The fourth-order valence-electron chi connectivity index (χ4n) is 1.42. The number of aliphatic hydroxyl groups excluding tert-OH is 1. The Bertz CT molecular complexity index is 361. The monoisotopic (exact) mass is 255 g/mol. The van der Waals surface area contributed by atoms with E-state index in [0.29, 0.717) is 25.5 Å². The maximum absolute atomic E-state index is 8.85. The van der Waals surface area contributed by atoms with Crippen LogP contribution < -0.4 is 15.4 Å². The van der Waals surface area contributed by atoms with Crippen molar-refractivity contribution in [2.45, 2.75) is 26.7 Å². The van der Waals surface area contributed by atoms with Crippen LogP contribution in [0.3, 0.4) is 0 Å². The predicted molar refractivity (Wildman–Crippen MR) is 69.6 cm³/mol. The highest BCUT2D eigenvalue weighted by Crippen LogP contribution is 2.13. The lowest BCUT2D eigenvalue weighted by Crippen LogP contribution is -2.27. The third-order valence-electron chi connectivity index (χ3n) is 2.31. The predicted octanol–water partition coefficient (Wildman–Crippen LogP) is 0.451. The van der Waals surface area contributed by atoms with E-state index in [-0.39, 0.29) is 18.6 Å². The minimum absolute atomic E-state index is 0.135. The highest BCUT2D eigenvalue weighted by molar-refractivity contribution is 5.35. The SMILES string of the molecule is CCCOc1nc(N)nc(N(CC)CCCO)n1. The standard InChI is InChI=1S/C11H21N5O2/c1-3-8-18-11-14-9(12)13-10(15-11)16(4-2)6-5-7-17/h17H,3-8H2,1-2H3,(H2,12,13,14,15).